The number of carbonyl (C=O) groups excluding carboxylic acids is 1. The van der Waals surface area contributed by atoms with Crippen molar-refractivity contribution in [1.82, 2.24) is 4.90 Å². The molecule has 3 atom stereocenters. The molecule has 1 saturated carbocycles. The van der Waals surface area contributed by atoms with E-state index in [-0.39, 0.29) is 23.8 Å². The van der Waals surface area contributed by atoms with Gasteiger partial charge in [-0.25, -0.2) is 0 Å². The number of nitrogens with zero attached hydrogens (tertiary/aromatic N) is 1. The Bertz CT molecular complexity index is 486. The fraction of sp³-hybridized carbons (Fsp3) is 0.625. The summed E-state index contributed by atoms with van der Waals surface area (Å²) < 4.78 is 0. The van der Waals surface area contributed by atoms with Crippen molar-refractivity contribution in [3.63, 3.8) is 0 Å². The second-order valence-electron chi connectivity index (χ2n) is 5.85. The predicted octanol–water partition coefficient (Wildman–Crippen LogP) is 3.03. The molecule has 1 amide bonds. The van der Waals surface area contributed by atoms with E-state index in [1.54, 1.807) is 11.3 Å². The lowest BCUT2D eigenvalue weighted by Gasteiger charge is -2.30. The first-order valence-electron chi connectivity index (χ1n) is 7.57. The summed E-state index contributed by atoms with van der Waals surface area (Å²) in [5.74, 6) is -1.09. The number of carboxylic acid groups (broad SMARTS) is 1. The summed E-state index contributed by atoms with van der Waals surface area (Å²) in [5.41, 5.74) is 1.26. The molecule has 0 aliphatic heterocycles. The third-order valence-corrected chi connectivity index (χ3v) is 5.13. The van der Waals surface area contributed by atoms with E-state index in [0.717, 1.165) is 6.42 Å². The molecule has 0 spiro atoms. The van der Waals surface area contributed by atoms with E-state index in [1.807, 2.05) is 11.8 Å². The minimum Gasteiger partial charge on any atom is -0.481 e. The monoisotopic (exact) mass is 309 g/mol. The third kappa shape index (κ3) is 3.84. The number of hydrogen-bond acceptors (Lipinski definition) is 3. The predicted molar refractivity (Wildman–Crippen MR) is 83.3 cm³/mol. The van der Waals surface area contributed by atoms with Crippen molar-refractivity contribution in [3.05, 3.63) is 22.4 Å². The zero-order valence-electron chi connectivity index (χ0n) is 12.6. The maximum Gasteiger partial charge on any atom is 0.306 e. The highest BCUT2D eigenvalue weighted by Gasteiger charge is 2.36. The van der Waals surface area contributed by atoms with Crippen molar-refractivity contribution in [2.75, 3.05) is 6.54 Å². The normalized spacial score (nSPS) is 23.0. The fourth-order valence-electron chi connectivity index (χ4n) is 3.21. The first-order chi connectivity index (χ1) is 10.0. The van der Waals surface area contributed by atoms with E-state index in [0.29, 0.717) is 25.8 Å². The largest absolute Gasteiger partial charge is 0.481 e. The molecule has 116 valence electrons. The van der Waals surface area contributed by atoms with Crippen LogP contribution in [0.25, 0.3) is 0 Å². The van der Waals surface area contributed by atoms with Crippen molar-refractivity contribution in [3.8, 4) is 0 Å². The molecule has 1 heterocycles. The lowest BCUT2D eigenvalue weighted by atomic mass is 10.0. The van der Waals surface area contributed by atoms with Crippen LogP contribution in [0.4, 0.5) is 0 Å². The molecule has 0 radical (unpaired) electrons. The SMILES string of the molecule is CCN(C(=O)[C@@H]1CC[C@H](C(=O)O)C1)C(C)Cc1ccsc1. The molecule has 5 heteroatoms. The molecule has 21 heavy (non-hydrogen) atoms. The van der Waals surface area contributed by atoms with Gasteiger partial charge in [-0.15, -0.1) is 0 Å². The highest BCUT2D eigenvalue weighted by atomic mass is 32.1. The van der Waals surface area contributed by atoms with Crippen LogP contribution < -0.4 is 0 Å². The molecule has 1 fully saturated rings. The first-order valence-corrected chi connectivity index (χ1v) is 8.51. The van der Waals surface area contributed by atoms with Crippen molar-refractivity contribution in [2.24, 2.45) is 11.8 Å². The average molecular weight is 309 g/mol. The van der Waals surface area contributed by atoms with Crippen molar-refractivity contribution in [2.45, 2.75) is 45.6 Å². The molecule has 0 saturated heterocycles. The van der Waals surface area contributed by atoms with Crippen LogP contribution >= 0.6 is 11.3 Å². The van der Waals surface area contributed by atoms with Gasteiger partial charge < -0.3 is 10.0 Å². The number of likely N-dealkylation sites (N-methyl/N-ethyl adjacent to an activating group) is 1. The summed E-state index contributed by atoms with van der Waals surface area (Å²) in [4.78, 5) is 25.6. The Morgan fingerprint density at radius 1 is 1.43 bits per heavy atom. The van der Waals surface area contributed by atoms with Gasteiger partial charge in [0.1, 0.15) is 0 Å². The Kier molecular flexibility index (Phi) is 5.39. The summed E-state index contributed by atoms with van der Waals surface area (Å²) in [5, 5.41) is 13.2. The summed E-state index contributed by atoms with van der Waals surface area (Å²) in [6, 6.07) is 2.25. The summed E-state index contributed by atoms with van der Waals surface area (Å²) in [6.45, 7) is 4.74. The van der Waals surface area contributed by atoms with Crippen molar-refractivity contribution < 1.29 is 14.7 Å². The molecule has 1 aromatic rings. The Morgan fingerprint density at radius 2 is 2.14 bits per heavy atom. The van der Waals surface area contributed by atoms with Crippen LogP contribution in [-0.2, 0) is 16.0 Å². The number of carbonyl (C=O) groups is 2. The van der Waals surface area contributed by atoms with Gasteiger partial charge in [0.15, 0.2) is 0 Å². The summed E-state index contributed by atoms with van der Waals surface area (Å²) in [7, 11) is 0. The second kappa shape index (κ2) is 7.07. The van der Waals surface area contributed by atoms with Crippen molar-refractivity contribution >= 4 is 23.2 Å². The van der Waals surface area contributed by atoms with Crippen LogP contribution in [0.5, 0.6) is 0 Å². The van der Waals surface area contributed by atoms with Crippen LogP contribution in [0.2, 0.25) is 0 Å². The number of carboxylic acids is 1. The van der Waals surface area contributed by atoms with E-state index in [4.69, 9.17) is 5.11 Å². The van der Waals surface area contributed by atoms with Gasteiger partial charge >= 0.3 is 5.97 Å². The summed E-state index contributed by atoms with van der Waals surface area (Å²) >= 11 is 1.67. The van der Waals surface area contributed by atoms with Gasteiger partial charge in [-0.3, -0.25) is 9.59 Å². The molecule has 4 nitrogen and oxygen atoms in total. The maximum absolute atomic E-state index is 12.7. The lowest BCUT2D eigenvalue weighted by molar-refractivity contribution is -0.141. The number of aliphatic carboxylic acids is 1. The van der Waals surface area contributed by atoms with Gasteiger partial charge in [-0.05, 0) is 61.9 Å². The molecular formula is C16H23NO3S. The minimum atomic E-state index is -0.764. The second-order valence-corrected chi connectivity index (χ2v) is 6.63. The molecule has 1 N–H and O–H groups in total. The minimum absolute atomic E-state index is 0.115. The smallest absolute Gasteiger partial charge is 0.306 e. The van der Waals surface area contributed by atoms with Crippen LogP contribution in [0.1, 0.15) is 38.7 Å². The maximum atomic E-state index is 12.7. The molecule has 0 aromatic carbocycles. The van der Waals surface area contributed by atoms with Gasteiger partial charge in [0.2, 0.25) is 5.91 Å². The first kappa shape index (κ1) is 16.0. The van der Waals surface area contributed by atoms with Gasteiger partial charge in [0, 0.05) is 18.5 Å². The zero-order chi connectivity index (χ0) is 15.4. The molecule has 1 unspecified atom stereocenters. The Labute approximate surface area is 129 Å². The van der Waals surface area contributed by atoms with Crippen LogP contribution in [0, 0.1) is 11.8 Å². The number of thiophene rings is 1. The fourth-order valence-corrected chi connectivity index (χ4v) is 3.89. The van der Waals surface area contributed by atoms with Crippen LogP contribution in [0.3, 0.4) is 0 Å². The quantitative estimate of drug-likeness (QED) is 0.878. The van der Waals surface area contributed by atoms with E-state index in [9.17, 15) is 9.59 Å². The highest BCUT2D eigenvalue weighted by molar-refractivity contribution is 7.07. The number of amides is 1. The molecule has 1 aromatic heterocycles. The topological polar surface area (TPSA) is 57.6 Å². The van der Waals surface area contributed by atoms with E-state index in [2.05, 4.69) is 23.8 Å². The number of rotatable bonds is 6. The van der Waals surface area contributed by atoms with Crippen molar-refractivity contribution in [1.29, 1.82) is 0 Å². The van der Waals surface area contributed by atoms with Crippen LogP contribution in [0.15, 0.2) is 16.8 Å². The lowest BCUT2D eigenvalue weighted by Crippen LogP contribution is -2.42. The molecule has 1 aliphatic carbocycles. The standard InChI is InChI=1S/C16H23NO3S/c1-3-17(11(2)8-12-6-7-21-10-12)15(18)13-4-5-14(9-13)16(19)20/h6-7,10-11,13-14H,3-5,8-9H2,1-2H3,(H,19,20)/t11?,13-,14+/m1/s1. The van der Waals surface area contributed by atoms with Crippen LogP contribution in [-0.4, -0.2) is 34.5 Å². The van der Waals surface area contributed by atoms with Gasteiger partial charge in [-0.1, -0.05) is 0 Å². The molecule has 0 bridgehead atoms. The molecule has 1 aliphatic rings. The average Bonchev–Trinajstić information content (AvgIpc) is 3.09. The van der Waals surface area contributed by atoms with E-state index >= 15 is 0 Å². The Morgan fingerprint density at radius 3 is 2.67 bits per heavy atom. The number of hydrogen-bond donors (Lipinski definition) is 1. The third-order valence-electron chi connectivity index (χ3n) is 4.40. The molecule has 2 rings (SSSR count). The van der Waals surface area contributed by atoms with E-state index in [1.165, 1.54) is 5.56 Å². The Balaban J connectivity index is 1.96. The van der Waals surface area contributed by atoms with Gasteiger partial charge in [-0.2, -0.15) is 11.3 Å². The summed E-state index contributed by atoms with van der Waals surface area (Å²) in [6.07, 6.45) is 2.69. The molecular weight excluding hydrogens is 286 g/mol. The Hall–Kier alpha value is -1.36. The zero-order valence-corrected chi connectivity index (χ0v) is 13.4. The van der Waals surface area contributed by atoms with Gasteiger partial charge in [0.25, 0.3) is 0 Å². The highest BCUT2D eigenvalue weighted by Crippen LogP contribution is 2.33. The van der Waals surface area contributed by atoms with E-state index < -0.39 is 5.97 Å². The van der Waals surface area contributed by atoms with Gasteiger partial charge in [0.05, 0.1) is 5.92 Å².